The van der Waals surface area contributed by atoms with Crippen LogP contribution in [0, 0.1) is 0 Å². The van der Waals surface area contributed by atoms with Crippen molar-refractivity contribution in [1.29, 1.82) is 0 Å². The maximum absolute atomic E-state index is 13.4. The van der Waals surface area contributed by atoms with Crippen LogP contribution in [0.5, 0.6) is 5.75 Å². The van der Waals surface area contributed by atoms with Crippen LogP contribution in [-0.4, -0.2) is 24.1 Å². The van der Waals surface area contributed by atoms with E-state index in [4.69, 9.17) is 4.74 Å². The molecule has 1 heterocycles. The highest BCUT2D eigenvalue weighted by atomic mass is 19.4. The molecule has 0 unspecified atom stereocenters. The van der Waals surface area contributed by atoms with Gasteiger partial charge >= 0.3 is 6.18 Å². The van der Waals surface area contributed by atoms with Crippen molar-refractivity contribution in [3.05, 3.63) is 59.4 Å². The van der Waals surface area contributed by atoms with Crippen molar-refractivity contribution >= 4 is 5.96 Å². The third-order valence-corrected chi connectivity index (χ3v) is 3.59. The molecule has 2 aromatic rings. The van der Waals surface area contributed by atoms with Crippen LogP contribution in [0.1, 0.15) is 30.7 Å². The Hall–Kier alpha value is -2.77. The number of pyridine rings is 1. The number of hydrogen-bond donors (Lipinski definition) is 2. The Balaban J connectivity index is 2.06. The minimum Gasteiger partial charge on any atom is -0.491 e. The van der Waals surface area contributed by atoms with E-state index in [1.807, 2.05) is 18.2 Å². The number of rotatable bonds is 6. The first-order chi connectivity index (χ1) is 12.8. The lowest BCUT2D eigenvalue weighted by Crippen LogP contribution is -2.36. The van der Waals surface area contributed by atoms with Crippen LogP contribution < -0.4 is 15.4 Å². The van der Waals surface area contributed by atoms with E-state index >= 15 is 0 Å². The summed E-state index contributed by atoms with van der Waals surface area (Å²) in [6.07, 6.45) is -3.01. The van der Waals surface area contributed by atoms with Gasteiger partial charge < -0.3 is 15.4 Å². The molecular weight excluding hydrogens is 357 g/mol. The van der Waals surface area contributed by atoms with Crippen molar-refractivity contribution in [1.82, 2.24) is 15.6 Å². The molecule has 0 aliphatic rings. The fourth-order valence-electron chi connectivity index (χ4n) is 2.40. The highest BCUT2D eigenvalue weighted by molar-refractivity contribution is 5.79. The Morgan fingerprint density at radius 2 is 1.89 bits per heavy atom. The average Bonchev–Trinajstić information content (AvgIpc) is 2.62. The zero-order valence-electron chi connectivity index (χ0n) is 15.5. The number of nitrogens with one attached hydrogen (secondary N) is 2. The lowest BCUT2D eigenvalue weighted by atomic mass is 10.1. The predicted molar refractivity (Wildman–Crippen MR) is 98.5 cm³/mol. The highest BCUT2D eigenvalue weighted by Gasteiger charge is 2.33. The largest absolute Gasteiger partial charge is 0.491 e. The molecule has 27 heavy (non-hydrogen) atoms. The van der Waals surface area contributed by atoms with Gasteiger partial charge in [-0.25, -0.2) is 0 Å². The molecule has 8 heteroatoms. The molecule has 0 aliphatic heterocycles. The van der Waals surface area contributed by atoms with Crippen LogP contribution in [0.2, 0.25) is 0 Å². The predicted octanol–water partition coefficient (Wildman–Crippen LogP) is 3.75. The summed E-state index contributed by atoms with van der Waals surface area (Å²) in [5.41, 5.74) is 0.180. The van der Waals surface area contributed by atoms with Crippen molar-refractivity contribution in [3.8, 4) is 5.75 Å². The van der Waals surface area contributed by atoms with E-state index in [1.165, 1.54) is 12.1 Å². The lowest BCUT2D eigenvalue weighted by molar-refractivity contribution is -0.138. The van der Waals surface area contributed by atoms with E-state index in [2.05, 4.69) is 20.6 Å². The van der Waals surface area contributed by atoms with Crippen molar-refractivity contribution in [2.75, 3.05) is 7.05 Å². The summed E-state index contributed by atoms with van der Waals surface area (Å²) in [7, 11) is 1.55. The van der Waals surface area contributed by atoms with E-state index in [0.717, 1.165) is 11.8 Å². The second-order valence-corrected chi connectivity index (χ2v) is 6.08. The van der Waals surface area contributed by atoms with Crippen LogP contribution >= 0.6 is 0 Å². The van der Waals surface area contributed by atoms with Gasteiger partial charge in [0.2, 0.25) is 0 Å². The molecule has 0 aliphatic carbocycles. The molecule has 2 N–H and O–H groups in total. The SMILES string of the molecule is CN=C(NCc1ccccn1)NCc1ccc(OC(C)C)cc1C(F)(F)F. The minimum absolute atomic E-state index is 0.0291. The molecule has 0 fully saturated rings. The van der Waals surface area contributed by atoms with Crippen LogP contribution in [-0.2, 0) is 19.3 Å². The Morgan fingerprint density at radius 1 is 1.15 bits per heavy atom. The fourth-order valence-corrected chi connectivity index (χ4v) is 2.40. The summed E-state index contributed by atoms with van der Waals surface area (Å²) in [6.45, 7) is 3.91. The smallest absolute Gasteiger partial charge is 0.416 e. The number of nitrogens with zero attached hydrogens (tertiary/aromatic N) is 2. The number of benzene rings is 1. The van der Waals surface area contributed by atoms with Crippen molar-refractivity contribution < 1.29 is 17.9 Å². The average molecular weight is 380 g/mol. The normalized spacial score (nSPS) is 12.2. The fraction of sp³-hybridized carbons (Fsp3) is 0.368. The number of aliphatic imine (C=N–C) groups is 1. The van der Waals surface area contributed by atoms with Crippen molar-refractivity contribution in [2.24, 2.45) is 4.99 Å². The van der Waals surface area contributed by atoms with Gasteiger partial charge in [0.1, 0.15) is 5.75 Å². The van der Waals surface area contributed by atoms with Gasteiger partial charge in [-0.15, -0.1) is 0 Å². The van der Waals surface area contributed by atoms with Crippen LogP contribution in [0.3, 0.4) is 0 Å². The van der Waals surface area contributed by atoms with E-state index < -0.39 is 11.7 Å². The zero-order valence-corrected chi connectivity index (χ0v) is 15.5. The third kappa shape index (κ3) is 6.47. The van der Waals surface area contributed by atoms with Crippen LogP contribution in [0.15, 0.2) is 47.6 Å². The number of guanidine groups is 1. The molecule has 5 nitrogen and oxygen atoms in total. The molecule has 0 spiro atoms. The van der Waals surface area contributed by atoms with Gasteiger partial charge in [-0.3, -0.25) is 9.98 Å². The first kappa shape index (κ1) is 20.5. The monoisotopic (exact) mass is 380 g/mol. The Kier molecular flexibility index (Phi) is 7.04. The van der Waals surface area contributed by atoms with Crippen molar-refractivity contribution in [2.45, 2.75) is 39.2 Å². The Bertz CT molecular complexity index is 761. The first-order valence-corrected chi connectivity index (χ1v) is 8.51. The minimum atomic E-state index is -4.47. The van der Waals surface area contributed by atoms with Gasteiger partial charge in [0.25, 0.3) is 0 Å². The van der Waals surface area contributed by atoms with Gasteiger partial charge in [0.05, 0.1) is 23.9 Å². The molecule has 0 saturated heterocycles. The molecule has 0 amide bonds. The molecule has 1 aromatic heterocycles. The third-order valence-electron chi connectivity index (χ3n) is 3.59. The standard InChI is InChI=1S/C19H23F3N4O/c1-13(2)27-16-8-7-14(17(10-16)19(20,21)22)11-25-18(23-3)26-12-15-6-4-5-9-24-15/h4-10,13H,11-12H2,1-3H3,(H2,23,25,26). The topological polar surface area (TPSA) is 58.5 Å². The molecule has 0 saturated carbocycles. The maximum atomic E-state index is 13.4. The van der Waals surface area contributed by atoms with E-state index in [-0.39, 0.29) is 24.0 Å². The molecule has 0 radical (unpaired) electrons. The number of alkyl halides is 3. The molecule has 0 atom stereocenters. The lowest BCUT2D eigenvalue weighted by Gasteiger charge is -2.18. The van der Waals surface area contributed by atoms with Crippen molar-refractivity contribution in [3.63, 3.8) is 0 Å². The first-order valence-electron chi connectivity index (χ1n) is 8.51. The van der Waals surface area contributed by atoms with E-state index in [9.17, 15) is 13.2 Å². The molecule has 146 valence electrons. The van der Waals surface area contributed by atoms with E-state index in [1.54, 1.807) is 27.1 Å². The summed E-state index contributed by atoms with van der Waals surface area (Å²) in [4.78, 5) is 8.20. The van der Waals surface area contributed by atoms with Gasteiger partial charge in [0.15, 0.2) is 5.96 Å². The molecule has 1 aromatic carbocycles. The second-order valence-electron chi connectivity index (χ2n) is 6.08. The quantitative estimate of drug-likeness (QED) is 0.592. The molecular formula is C19H23F3N4O. The van der Waals surface area contributed by atoms with Crippen LogP contribution in [0.4, 0.5) is 13.2 Å². The number of halogens is 3. The summed E-state index contributed by atoms with van der Waals surface area (Å²) < 4.78 is 45.6. The Morgan fingerprint density at radius 3 is 2.48 bits per heavy atom. The summed E-state index contributed by atoms with van der Waals surface area (Å²) in [5.74, 6) is 0.579. The zero-order chi connectivity index (χ0) is 19.9. The van der Waals surface area contributed by atoms with Crippen LogP contribution in [0.25, 0.3) is 0 Å². The van der Waals surface area contributed by atoms with Gasteiger partial charge in [-0.05, 0) is 43.7 Å². The number of aromatic nitrogens is 1. The summed E-state index contributed by atoms with van der Waals surface area (Å²) >= 11 is 0. The summed E-state index contributed by atoms with van der Waals surface area (Å²) in [5, 5.41) is 5.92. The summed E-state index contributed by atoms with van der Waals surface area (Å²) in [6, 6.07) is 9.49. The highest BCUT2D eigenvalue weighted by Crippen LogP contribution is 2.34. The molecule has 2 rings (SSSR count). The van der Waals surface area contributed by atoms with Gasteiger partial charge in [-0.2, -0.15) is 13.2 Å². The Labute approximate surface area is 156 Å². The molecule has 0 bridgehead atoms. The second kappa shape index (κ2) is 9.25. The van der Waals surface area contributed by atoms with Gasteiger partial charge in [0, 0.05) is 19.8 Å². The maximum Gasteiger partial charge on any atom is 0.416 e. The van der Waals surface area contributed by atoms with E-state index in [0.29, 0.717) is 12.5 Å². The number of ether oxygens (including phenoxy) is 1. The number of hydrogen-bond acceptors (Lipinski definition) is 3. The van der Waals surface area contributed by atoms with Gasteiger partial charge in [-0.1, -0.05) is 12.1 Å².